The molecule has 0 saturated carbocycles. The number of amides is 1. The number of rotatable bonds is 18. The number of unbranched alkanes of at least 4 members (excludes halogenated alkanes) is 1. The highest BCUT2D eigenvalue weighted by molar-refractivity contribution is 7.90. The van der Waals surface area contributed by atoms with Gasteiger partial charge in [-0.2, -0.15) is 13.2 Å². The second kappa shape index (κ2) is 19.6. The molecule has 2 heterocycles. The van der Waals surface area contributed by atoms with Crippen LogP contribution in [0.2, 0.25) is 0 Å². The Morgan fingerprint density at radius 2 is 1.68 bits per heavy atom. The summed E-state index contributed by atoms with van der Waals surface area (Å²) in [5.41, 5.74) is 2.17. The molecular weight excluding hydrogens is 758 g/mol. The van der Waals surface area contributed by atoms with Gasteiger partial charge in [-0.15, -0.1) is 0 Å². The number of hydrogen-bond donors (Lipinski definition) is 2. The Morgan fingerprint density at radius 3 is 2.35 bits per heavy atom. The van der Waals surface area contributed by atoms with Crippen LogP contribution in [0, 0.1) is 5.41 Å². The number of fused-ring (bicyclic) bond motifs is 1. The van der Waals surface area contributed by atoms with Crippen molar-refractivity contribution < 1.29 is 41.9 Å². The molecule has 5 rings (SSSR count). The average molecular weight is 809 g/mol. The Morgan fingerprint density at radius 1 is 0.965 bits per heavy atom. The number of aromatic nitrogens is 2. The number of carboxylic acids is 1. The monoisotopic (exact) mass is 808 g/mol. The van der Waals surface area contributed by atoms with Gasteiger partial charge < -0.3 is 33.9 Å². The summed E-state index contributed by atoms with van der Waals surface area (Å²) in [7, 11) is 0. The maximum Gasteiger partial charge on any atom is 0.435 e. The summed E-state index contributed by atoms with van der Waals surface area (Å²) < 4.78 is 67.0. The van der Waals surface area contributed by atoms with Crippen LogP contribution in [0.4, 0.5) is 24.5 Å². The maximum absolute atomic E-state index is 13.8. The quantitative estimate of drug-likeness (QED) is 0.0753. The molecule has 14 heteroatoms. The zero-order valence-corrected chi connectivity index (χ0v) is 33.7. The van der Waals surface area contributed by atoms with Crippen molar-refractivity contribution in [3.8, 4) is 16.9 Å². The molecule has 2 N–H and O–H groups in total. The highest BCUT2D eigenvalue weighted by Crippen LogP contribution is 2.36. The summed E-state index contributed by atoms with van der Waals surface area (Å²) >= 11 is -1.80. The molecule has 1 atom stereocenters. The second-order valence-corrected chi connectivity index (χ2v) is 16.1. The number of ether oxygens (including phenoxy) is 2. The Bertz CT molecular complexity index is 2000. The number of nitrogens with one attached hydrogen (secondary N) is 1. The largest absolute Gasteiger partial charge is 0.611 e. The molecule has 0 fully saturated rings. The fourth-order valence-corrected chi connectivity index (χ4v) is 7.67. The molecule has 1 aliphatic rings. The van der Waals surface area contributed by atoms with Crippen molar-refractivity contribution >= 4 is 40.5 Å². The van der Waals surface area contributed by atoms with E-state index in [0.717, 1.165) is 47.3 Å². The van der Waals surface area contributed by atoms with E-state index < -0.39 is 34.4 Å². The first kappa shape index (κ1) is 43.3. The van der Waals surface area contributed by atoms with Crippen LogP contribution in [0.15, 0.2) is 83.5 Å². The van der Waals surface area contributed by atoms with E-state index >= 15 is 0 Å². The first-order valence-corrected chi connectivity index (χ1v) is 20.6. The van der Waals surface area contributed by atoms with E-state index in [1.54, 1.807) is 26.0 Å². The highest BCUT2D eigenvalue weighted by atomic mass is 32.2. The van der Waals surface area contributed by atoms with E-state index in [4.69, 9.17) is 9.47 Å². The molecule has 0 unspecified atom stereocenters. The minimum absolute atomic E-state index is 0.130. The van der Waals surface area contributed by atoms with Gasteiger partial charge in [-0.05, 0) is 122 Å². The molecule has 57 heavy (non-hydrogen) atoms. The van der Waals surface area contributed by atoms with Gasteiger partial charge in [0.2, 0.25) is 0 Å². The third-order valence-corrected chi connectivity index (χ3v) is 11.0. The first-order valence-electron chi connectivity index (χ1n) is 19.2. The van der Waals surface area contributed by atoms with Crippen LogP contribution in [0.3, 0.4) is 0 Å². The third kappa shape index (κ3) is 11.6. The van der Waals surface area contributed by atoms with E-state index in [1.165, 1.54) is 16.7 Å². The van der Waals surface area contributed by atoms with Gasteiger partial charge in [0.05, 0.1) is 18.3 Å². The Labute approximate surface area is 335 Å². The smallest absolute Gasteiger partial charge is 0.435 e. The number of alkyl halides is 3. The minimum Gasteiger partial charge on any atom is -0.611 e. The molecule has 0 spiro atoms. The number of anilines is 2. The summed E-state index contributed by atoms with van der Waals surface area (Å²) in [6.45, 7) is 10.1. The van der Waals surface area contributed by atoms with Crippen LogP contribution in [-0.2, 0) is 44.0 Å². The van der Waals surface area contributed by atoms with Crippen LogP contribution in [0.1, 0.15) is 76.8 Å². The van der Waals surface area contributed by atoms with Gasteiger partial charge in [-0.25, -0.2) is 4.98 Å². The van der Waals surface area contributed by atoms with Gasteiger partial charge in [0.1, 0.15) is 18.1 Å². The molecule has 1 aromatic heterocycles. The lowest BCUT2D eigenvalue weighted by molar-refractivity contribution is -0.146. The SMILES string of the molecule is CCCCOCCOc1ccc(-c2ccc3c(c2)/C=C(/C(=O)Nc2ccc([S@@+]([O-])Cc4c(C(F)(F)F)ncn4CCC)cc2)CCCN3CC(C)(C)C(=O)O)cc1. The highest BCUT2D eigenvalue weighted by Gasteiger charge is 2.39. The van der Waals surface area contributed by atoms with Gasteiger partial charge in [-0.3, -0.25) is 9.59 Å². The van der Waals surface area contributed by atoms with Crippen LogP contribution >= 0.6 is 0 Å². The van der Waals surface area contributed by atoms with Crippen molar-refractivity contribution in [2.45, 2.75) is 83.2 Å². The summed E-state index contributed by atoms with van der Waals surface area (Å²) in [5.74, 6) is -0.878. The number of carbonyl (C=O) groups is 2. The average Bonchev–Trinajstić information content (AvgIpc) is 3.57. The van der Waals surface area contributed by atoms with Gasteiger partial charge >= 0.3 is 12.1 Å². The lowest BCUT2D eigenvalue weighted by Crippen LogP contribution is -2.40. The molecule has 306 valence electrons. The van der Waals surface area contributed by atoms with Crippen molar-refractivity contribution in [2.75, 3.05) is 43.1 Å². The van der Waals surface area contributed by atoms with Crippen LogP contribution in [0.5, 0.6) is 5.75 Å². The number of halogens is 3. The summed E-state index contributed by atoms with van der Waals surface area (Å²) in [6.07, 6.45) is 1.99. The molecule has 10 nitrogen and oxygen atoms in total. The molecule has 0 bridgehead atoms. The van der Waals surface area contributed by atoms with E-state index in [0.29, 0.717) is 68.3 Å². The Balaban J connectivity index is 1.35. The Kier molecular flexibility index (Phi) is 14.9. The zero-order valence-electron chi connectivity index (χ0n) is 32.9. The summed E-state index contributed by atoms with van der Waals surface area (Å²) in [6, 6.07) is 19.9. The van der Waals surface area contributed by atoms with E-state index in [9.17, 15) is 32.4 Å². The van der Waals surface area contributed by atoms with Crippen molar-refractivity contribution in [3.63, 3.8) is 0 Å². The van der Waals surface area contributed by atoms with E-state index in [-0.39, 0.29) is 23.9 Å². The number of nitrogens with zero attached hydrogens (tertiary/aromatic N) is 3. The number of carboxylic acid groups (broad SMARTS) is 1. The first-order chi connectivity index (χ1) is 27.2. The number of hydrogen-bond acceptors (Lipinski definition) is 7. The predicted octanol–water partition coefficient (Wildman–Crippen LogP) is 9.22. The van der Waals surface area contributed by atoms with Crippen molar-refractivity contribution in [2.24, 2.45) is 5.41 Å². The van der Waals surface area contributed by atoms with E-state index in [1.807, 2.05) is 55.5 Å². The minimum atomic E-state index is -4.67. The zero-order chi connectivity index (χ0) is 41.2. The van der Waals surface area contributed by atoms with Gasteiger partial charge in [0.25, 0.3) is 5.91 Å². The van der Waals surface area contributed by atoms with Gasteiger partial charge in [0.15, 0.2) is 16.3 Å². The lowest BCUT2D eigenvalue weighted by Gasteiger charge is -2.34. The normalized spacial score (nSPS) is 14.9. The third-order valence-electron chi connectivity index (χ3n) is 9.68. The molecule has 1 aliphatic heterocycles. The molecular formula is C43H51F3N4O6S. The standard InChI is InChI=1S/C43H51F3N4O6S/c1-5-7-22-55-23-24-56-35-15-10-30(11-16-35)31-12-19-37-33(25-31)26-32(9-8-21-49(37)28-42(3,4)41(52)53)40(51)48-34-13-17-36(18-14-34)57(54)27-38-39(43(44,45)46)47-29-50(38)20-6-2/h10-19,25-26,29H,5-9,20-24,27-28H2,1-4H3,(H,48,51)(H,52,53)/b32-26+/t57-/m0/s1. The van der Waals surface area contributed by atoms with Crippen LogP contribution in [-0.4, -0.2) is 64.0 Å². The lowest BCUT2D eigenvalue weighted by atomic mass is 9.91. The van der Waals surface area contributed by atoms with Crippen molar-refractivity contribution in [1.82, 2.24) is 9.55 Å². The fourth-order valence-electron chi connectivity index (χ4n) is 6.52. The number of aliphatic carboxylic acids is 1. The molecule has 0 radical (unpaired) electrons. The summed E-state index contributed by atoms with van der Waals surface area (Å²) in [4.78, 5) is 31.8. The van der Waals surface area contributed by atoms with Gasteiger partial charge in [-0.1, -0.05) is 38.5 Å². The molecule has 0 aliphatic carbocycles. The number of aryl methyl sites for hydroxylation is 1. The van der Waals surface area contributed by atoms with Crippen molar-refractivity contribution in [1.29, 1.82) is 0 Å². The number of carbonyl (C=O) groups excluding carboxylic acids is 1. The number of benzene rings is 3. The van der Waals surface area contributed by atoms with Crippen molar-refractivity contribution in [3.05, 3.63) is 95.6 Å². The fraction of sp³-hybridized carbons (Fsp3) is 0.419. The second-order valence-electron chi connectivity index (χ2n) is 14.7. The molecule has 4 aromatic rings. The number of imidazole rings is 1. The Hall–Kier alpha value is -4.79. The van der Waals surface area contributed by atoms with Crippen LogP contribution in [0.25, 0.3) is 17.2 Å². The maximum atomic E-state index is 13.8. The van der Waals surface area contributed by atoms with E-state index in [2.05, 4.69) is 22.1 Å². The van der Waals surface area contributed by atoms with Crippen LogP contribution < -0.4 is 15.0 Å². The summed E-state index contributed by atoms with van der Waals surface area (Å²) in [5, 5.41) is 12.8. The molecule has 1 amide bonds. The van der Waals surface area contributed by atoms with Gasteiger partial charge in [0, 0.05) is 43.2 Å². The predicted molar refractivity (Wildman–Crippen MR) is 217 cm³/mol. The molecule has 0 saturated heterocycles. The topological polar surface area (TPSA) is 129 Å². The molecule has 3 aromatic carbocycles.